The van der Waals surface area contributed by atoms with E-state index >= 15 is 0 Å². The number of nitrogens with one attached hydrogen (secondary N) is 1. The molecule has 0 heterocycles. The normalized spacial score (nSPS) is 10.1. The van der Waals surface area contributed by atoms with Crippen LogP contribution in [0.4, 0.5) is 11.4 Å². The summed E-state index contributed by atoms with van der Waals surface area (Å²) in [6.07, 6.45) is 0.623. The SMILES string of the molecule is O=Cc1ccc(Oc2cccc([N+](=O)[O-])c2)cc1NC(=O)c1ccccc1. The number of amides is 1. The van der Waals surface area contributed by atoms with Gasteiger partial charge in [0.1, 0.15) is 11.5 Å². The summed E-state index contributed by atoms with van der Waals surface area (Å²) in [5.74, 6) is 0.221. The van der Waals surface area contributed by atoms with Crippen molar-refractivity contribution >= 4 is 23.6 Å². The third-order valence-electron chi connectivity index (χ3n) is 3.70. The van der Waals surface area contributed by atoms with Crippen molar-refractivity contribution in [3.63, 3.8) is 0 Å². The van der Waals surface area contributed by atoms with E-state index in [0.29, 0.717) is 17.6 Å². The zero-order valence-electron chi connectivity index (χ0n) is 14.0. The Morgan fingerprint density at radius 2 is 1.70 bits per heavy atom. The number of nitro benzene ring substituents is 1. The molecule has 0 bridgehead atoms. The monoisotopic (exact) mass is 362 g/mol. The molecule has 3 rings (SSSR count). The molecule has 1 amide bonds. The number of hydrogen-bond acceptors (Lipinski definition) is 5. The van der Waals surface area contributed by atoms with Crippen molar-refractivity contribution in [1.29, 1.82) is 0 Å². The van der Waals surface area contributed by atoms with Gasteiger partial charge in [-0.2, -0.15) is 0 Å². The number of benzene rings is 3. The second-order valence-electron chi connectivity index (χ2n) is 5.54. The number of aldehydes is 1. The van der Waals surface area contributed by atoms with E-state index in [-0.39, 0.29) is 28.6 Å². The Morgan fingerprint density at radius 3 is 2.41 bits per heavy atom. The molecular weight excluding hydrogens is 348 g/mol. The molecule has 0 saturated heterocycles. The average molecular weight is 362 g/mol. The summed E-state index contributed by atoms with van der Waals surface area (Å²) in [6.45, 7) is 0. The maximum Gasteiger partial charge on any atom is 0.273 e. The quantitative estimate of drug-likeness (QED) is 0.397. The Morgan fingerprint density at radius 1 is 0.963 bits per heavy atom. The predicted octanol–water partition coefficient (Wildman–Crippen LogP) is 4.45. The van der Waals surface area contributed by atoms with E-state index in [1.54, 1.807) is 42.5 Å². The molecule has 134 valence electrons. The minimum absolute atomic E-state index is 0.102. The second-order valence-corrected chi connectivity index (χ2v) is 5.54. The fourth-order valence-electron chi connectivity index (χ4n) is 2.39. The van der Waals surface area contributed by atoms with E-state index in [2.05, 4.69) is 5.32 Å². The largest absolute Gasteiger partial charge is 0.457 e. The number of carbonyl (C=O) groups excluding carboxylic acids is 2. The van der Waals surface area contributed by atoms with Gasteiger partial charge in [0, 0.05) is 23.3 Å². The highest BCUT2D eigenvalue weighted by molar-refractivity contribution is 6.06. The van der Waals surface area contributed by atoms with Crippen LogP contribution < -0.4 is 10.1 Å². The minimum atomic E-state index is -0.520. The highest BCUT2D eigenvalue weighted by Crippen LogP contribution is 2.28. The van der Waals surface area contributed by atoms with Crippen LogP contribution in [0.3, 0.4) is 0 Å². The van der Waals surface area contributed by atoms with Gasteiger partial charge in [-0.1, -0.05) is 24.3 Å². The molecule has 7 heteroatoms. The zero-order chi connectivity index (χ0) is 19.2. The molecule has 0 atom stereocenters. The Labute approximate surface area is 154 Å². The Kier molecular flexibility index (Phi) is 5.22. The van der Waals surface area contributed by atoms with Gasteiger partial charge in [0.05, 0.1) is 16.7 Å². The first kappa shape index (κ1) is 17.8. The van der Waals surface area contributed by atoms with Crippen LogP contribution in [-0.4, -0.2) is 17.1 Å². The summed E-state index contributed by atoms with van der Waals surface area (Å²) >= 11 is 0. The van der Waals surface area contributed by atoms with Crippen molar-refractivity contribution in [3.05, 3.63) is 94.0 Å². The molecule has 3 aromatic rings. The molecule has 27 heavy (non-hydrogen) atoms. The molecule has 0 aliphatic rings. The van der Waals surface area contributed by atoms with Gasteiger partial charge < -0.3 is 10.1 Å². The first-order valence-corrected chi connectivity index (χ1v) is 7.95. The fourth-order valence-corrected chi connectivity index (χ4v) is 2.39. The lowest BCUT2D eigenvalue weighted by Crippen LogP contribution is -2.13. The third-order valence-corrected chi connectivity index (χ3v) is 3.70. The lowest BCUT2D eigenvalue weighted by Gasteiger charge is -2.11. The molecule has 3 aromatic carbocycles. The van der Waals surface area contributed by atoms with Crippen molar-refractivity contribution in [2.45, 2.75) is 0 Å². The van der Waals surface area contributed by atoms with Crippen molar-refractivity contribution in [2.24, 2.45) is 0 Å². The number of non-ortho nitro benzene ring substituents is 1. The fraction of sp³-hybridized carbons (Fsp3) is 0. The van der Waals surface area contributed by atoms with Crippen molar-refractivity contribution in [3.8, 4) is 11.5 Å². The van der Waals surface area contributed by atoms with Gasteiger partial charge in [-0.25, -0.2) is 0 Å². The minimum Gasteiger partial charge on any atom is -0.457 e. The average Bonchev–Trinajstić information content (AvgIpc) is 2.69. The molecular formula is C20H14N2O5. The first-order valence-electron chi connectivity index (χ1n) is 7.95. The second kappa shape index (κ2) is 7.92. The first-order chi connectivity index (χ1) is 13.1. The van der Waals surface area contributed by atoms with Crippen molar-refractivity contribution < 1.29 is 19.2 Å². The van der Waals surface area contributed by atoms with Gasteiger partial charge >= 0.3 is 0 Å². The number of rotatable bonds is 6. The van der Waals surface area contributed by atoms with Gasteiger partial charge in [0.2, 0.25) is 0 Å². The van der Waals surface area contributed by atoms with Gasteiger partial charge in [-0.05, 0) is 30.3 Å². The van der Waals surface area contributed by atoms with Gasteiger partial charge in [-0.15, -0.1) is 0 Å². The summed E-state index contributed by atoms with van der Waals surface area (Å²) < 4.78 is 5.62. The number of ether oxygens (including phenoxy) is 1. The van der Waals surface area contributed by atoms with Crippen LogP contribution in [0.5, 0.6) is 11.5 Å². The molecule has 0 fully saturated rings. The summed E-state index contributed by atoms with van der Waals surface area (Å²) in [4.78, 5) is 33.9. The Bertz CT molecular complexity index is 1000. The van der Waals surface area contributed by atoms with Crippen LogP contribution in [0.1, 0.15) is 20.7 Å². The molecule has 0 saturated carbocycles. The van der Waals surface area contributed by atoms with Gasteiger partial charge in [-0.3, -0.25) is 19.7 Å². The highest BCUT2D eigenvalue weighted by atomic mass is 16.6. The number of anilines is 1. The summed E-state index contributed by atoms with van der Waals surface area (Å²) in [5, 5.41) is 13.5. The van der Waals surface area contributed by atoms with E-state index in [0.717, 1.165) is 0 Å². The number of carbonyl (C=O) groups is 2. The maximum atomic E-state index is 12.3. The van der Waals surface area contributed by atoms with Crippen LogP contribution in [0.2, 0.25) is 0 Å². The number of hydrogen-bond donors (Lipinski definition) is 1. The van der Waals surface area contributed by atoms with E-state index in [4.69, 9.17) is 4.74 Å². The topological polar surface area (TPSA) is 98.5 Å². The lowest BCUT2D eigenvalue weighted by molar-refractivity contribution is -0.384. The van der Waals surface area contributed by atoms with Crippen LogP contribution in [0, 0.1) is 10.1 Å². The van der Waals surface area contributed by atoms with E-state index < -0.39 is 4.92 Å². The highest BCUT2D eigenvalue weighted by Gasteiger charge is 2.12. The zero-order valence-corrected chi connectivity index (χ0v) is 14.0. The molecule has 0 aromatic heterocycles. The van der Waals surface area contributed by atoms with Crippen LogP contribution in [-0.2, 0) is 0 Å². The molecule has 0 spiro atoms. The van der Waals surface area contributed by atoms with E-state index in [1.807, 2.05) is 0 Å². The maximum absolute atomic E-state index is 12.3. The Balaban J connectivity index is 1.85. The predicted molar refractivity (Wildman–Crippen MR) is 99.4 cm³/mol. The standard InChI is InChI=1S/C20H14N2O5/c23-13-15-9-10-18(27-17-8-4-7-16(11-17)22(25)26)12-19(15)21-20(24)14-5-2-1-3-6-14/h1-13H,(H,21,24). The molecule has 0 aliphatic carbocycles. The molecule has 7 nitrogen and oxygen atoms in total. The van der Waals surface area contributed by atoms with Crippen molar-refractivity contribution in [1.82, 2.24) is 0 Å². The molecule has 0 aliphatic heterocycles. The lowest BCUT2D eigenvalue weighted by atomic mass is 10.1. The van der Waals surface area contributed by atoms with E-state index in [1.165, 1.54) is 30.3 Å². The Hall–Kier alpha value is -4.00. The van der Waals surface area contributed by atoms with Gasteiger partial charge in [0.25, 0.3) is 11.6 Å². The molecule has 0 radical (unpaired) electrons. The van der Waals surface area contributed by atoms with E-state index in [9.17, 15) is 19.7 Å². The molecule has 0 unspecified atom stereocenters. The summed E-state index contributed by atoms with van der Waals surface area (Å²) in [7, 11) is 0. The van der Waals surface area contributed by atoms with Crippen LogP contribution in [0.15, 0.2) is 72.8 Å². The third kappa shape index (κ3) is 4.35. The number of nitro groups is 1. The smallest absolute Gasteiger partial charge is 0.273 e. The van der Waals surface area contributed by atoms with Gasteiger partial charge in [0.15, 0.2) is 6.29 Å². The van der Waals surface area contributed by atoms with Crippen molar-refractivity contribution in [2.75, 3.05) is 5.32 Å². The summed E-state index contributed by atoms with van der Waals surface area (Å²) in [6, 6.07) is 18.8. The summed E-state index contributed by atoms with van der Waals surface area (Å²) in [5.41, 5.74) is 0.904. The van der Waals surface area contributed by atoms with Crippen LogP contribution >= 0.6 is 0 Å². The molecule has 1 N–H and O–H groups in total. The number of nitrogens with zero attached hydrogens (tertiary/aromatic N) is 1. The van der Waals surface area contributed by atoms with Crippen LogP contribution in [0.25, 0.3) is 0 Å².